The van der Waals surface area contributed by atoms with E-state index in [1.165, 1.54) is 6.20 Å². The third kappa shape index (κ3) is 7.64. The first-order valence-electron chi connectivity index (χ1n) is 13.5. The van der Waals surface area contributed by atoms with Gasteiger partial charge in [0.25, 0.3) is 11.8 Å². The minimum atomic E-state index is -2.58. The molecule has 0 radical (unpaired) electrons. The van der Waals surface area contributed by atoms with Gasteiger partial charge in [0, 0.05) is 51.0 Å². The zero-order valence-corrected chi connectivity index (χ0v) is 23.3. The summed E-state index contributed by atoms with van der Waals surface area (Å²) in [4.78, 5) is 21.6. The monoisotopic (exact) mass is 552 g/mol. The van der Waals surface area contributed by atoms with Crippen molar-refractivity contribution in [2.45, 2.75) is 32.1 Å². The Kier molecular flexibility index (Phi) is 9.49. The van der Waals surface area contributed by atoms with E-state index in [0.29, 0.717) is 30.7 Å². The number of fused-ring (bicyclic) bond motifs is 1. The van der Waals surface area contributed by atoms with E-state index in [4.69, 9.17) is 5.73 Å². The molecule has 0 bridgehead atoms. The summed E-state index contributed by atoms with van der Waals surface area (Å²) in [5.41, 5.74) is 10.3. The number of halogens is 2. The van der Waals surface area contributed by atoms with Crippen LogP contribution in [0, 0.1) is 0 Å². The molecule has 0 saturated carbocycles. The number of allylic oxidation sites excluding steroid dienone is 1. The van der Waals surface area contributed by atoms with E-state index in [1.807, 2.05) is 56.3 Å². The lowest BCUT2D eigenvalue weighted by atomic mass is 9.98. The van der Waals surface area contributed by atoms with E-state index in [-0.39, 0.29) is 24.4 Å². The van der Waals surface area contributed by atoms with E-state index in [2.05, 4.69) is 30.7 Å². The summed E-state index contributed by atoms with van der Waals surface area (Å²) in [6.45, 7) is 4.87. The van der Waals surface area contributed by atoms with Gasteiger partial charge in [-0.25, -0.2) is 13.8 Å². The van der Waals surface area contributed by atoms with Crippen LogP contribution in [0.3, 0.4) is 0 Å². The van der Waals surface area contributed by atoms with Crippen molar-refractivity contribution >= 4 is 33.9 Å². The maximum absolute atomic E-state index is 13.6. The second-order valence-electron chi connectivity index (χ2n) is 10.3. The van der Waals surface area contributed by atoms with Crippen LogP contribution in [0.1, 0.15) is 42.2 Å². The Hall–Kier alpha value is -3.83. The number of rotatable bonds is 11. The van der Waals surface area contributed by atoms with Gasteiger partial charge in [0.15, 0.2) is 5.69 Å². The molecular formula is C29H38F2N8O. The van der Waals surface area contributed by atoms with Crippen molar-refractivity contribution in [3.8, 4) is 0 Å². The van der Waals surface area contributed by atoms with Crippen molar-refractivity contribution in [1.82, 2.24) is 25.0 Å². The summed E-state index contributed by atoms with van der Waals surface area (Å²) in [5.74, 6) is -2.19. The van der Waals surface area contributed by atoms with Crippen molar-refractivity contribution in [2.24, 2.45) is 5.73 Å². The number of H-pyrrole nitrogens is 1. The number of nitrogens with one attached hydrogen (secondary N) is 3. The first-order chi connectivity index (χ1) is 19.2. The number of nitrogens with zero attached hydrogens (tertiary/aromatic N) is 4. The van der Waals surface area contributed by atoms with Gasteiger partial charge in [-0.2, -0.15) is 5.10 Å². The lowest BCUT2D eigenvalue weighted by molar-refractivity contribution is -0.0533. The fraction of sp³-hybridized carbons (Fsp3) is 0.414. The van der Waals surface area contributed by atoms with Gasteiger partial charge in [-0.1, -0.05) is 19.1 Å². The van der Waals surface area contributed by atoms with Gasteiger partial charge in [0.1, 0.15) is 5.82 Å². The number of pyridine rings is 1. The summed E-state index contributed by atoms with van der Waals surface area (Å²) in [6, 6.07) is 9.42. The molecule has 1 aliphatic heterocycles. The van der Waals surface area contributed by atoms with Crippen molar-refractivity contribution in [3.63, 3.8) is 0 Å². The number of nitrogens with two attached hydrogens (primary N) is 1. The Morgan fingerprint density at radius 1 is 1.23 bits per heavy atom. The molecule has 0 spiro atoms. The number of anilines is 2. The second-order valence-corrected chi connectivity index (χ2v) is 10.3. The van der Waals surface area contributed by atoms with Crippen LogP contribution in [-0.4, -0.2) is 83.6 Å². The number of likely N-dealkylation sites (tertiary alicyclic amines) is 1. The minimum Gasteiger partial charge on any atom is -0.404 e. The zero-order valence-electron chi connectivity index (χ0n) is 23.3. The van der Waals surface area contributed by atoms with Crippen LogP contribution >= 0.6 is 0 Å². The molecule has 1 aliphatic rings. The average Bonchev–Trinajstić information content (AvgIpc) is 3.36. The summed E-state index contributed by atoms with van der Waals surface area (Å²) in [5, 5.41) is 14.0. The molecule has 3 aromatic rings. The Labute approximate surface area is 233 Å². The first-order valence-corrected chi connectivity index (χ1v) is 13.5. The number of amides is 1. The van der Waals surface area contributed by atoms with E-state index in [1.54, 1.807) is 12.3 Å². The average molecular weight is 553 g/mol. The predicted octanol–water partition coefficient (Wildman–Crippen LogP) is 4.55. The number of piperidine rings is 1. The normalized spacial score (nSPS) is 16.4. The quantitative estimate of drug-likeness (QED) is 0.258. The zero-order chi connectivity index (χ0) is 28.7. The number of aromatic amines is 1. The van der Waals surface area contributed by atoms with Crippen LogP contribution in [-0.2, 0) is 0 Å². The lowest BCUT2D eigenvalue weighted by Gasteiger charge is -2.31. The molecule has 3 heterocycles. The smallest absolute Gasteiger partial charge is 0.276 e. The molecule has 1 amide bonds. The van der Waals surface area contributed by atoms with Gasteiger partial charge in [0.05, 0.1) is 17.4 Å². The van der Waals surface area contributed by atoms with E-state index < -0.39 is 5.92 Å². The van der Waals surface area contributed by atoms with Crippen molar-refractivity contribution < 1.29 is 13.6 Å². The first kappa shape index (κ1) is 29.2. The highest BCUT2D eigenvalue weighted by Crippen LogP contribution is 2.29. The number of hydrogen-bond donors (Lipinski definition) is 4. The van der Waals surface area contributed by atoms with Crippen LogP contribution in [0.2, 0.25) is 0 Å². The number of aromatic nitrogens is 3. The van der Waals surface area contributed by atoms with Gasteiger partial charge in [-0.05, 0) is 67.7 Å². The third-order valence-corrected chi connectivity index (χ3v) is 6.98. The molecule has 1 aromatic carbocycles. The highest BCUT2D eigenvalue weighted by Gasteiger charge is 2.33. The molecule has 0 unspecified atom stereocenters. The molecule has 0 aliphatic carbocycles. The van der Waals surface area contributed by atoms with Crippen LogP contribution in [0.5, 0.6) is 0 Å². The molecule has 11 heteroatoms. The Balaban J connectivity index is 1.47. The fourth-order valence-corrected chi connectivity index (χ4v) is 4.61. The standard InChI is InChI=1S/C29H38F2N8O/c1-4-21(15-20(17-32)19-39-12-9-29(30,31)10-13-39)22-5-7-25-24(16-22)27(37-36-25)28(40)35-23-6-8-26(34-18-23)33-11-14-38(2)3/h5-8,15-18H,4,9-14,19,32H2,1-3H3,(H,33,34)(H,35,40)(H,36,37)/b20-17+,21-15+. The van der Waals surface area contributed by atoms with Crippen LogP contribution < -0.4 is 16.4 Å². The van der Waals surface area contributed by atoms with E-state index in [0.717, 1.165) is 47.6 Å². The van der Waals surface area contributed by atoms with Crippen molar-refractivity contribution in [2.75, 3.05) is 57.5 Å². The maximum Gasteiger partial charge on any atom is 0.276 e. The summed E-state index contributed by atoms with van der Waals surface area (Å²) in [6.07, 6.45) is 5.61. The predicted molar refractivity (Wildman–Crippen MR) is 156 cm³/mol. The number of carbonyl (C=O) groups is 1. The molecule has 0 atom stereocenters. The third-order valence-electron chi connectivity index (χ3n) is 6.98. The Morgan fingerprint density at radius 3 is 2.65 bits per heavy atom. The van der Waals surface area contributed by atoms with Gasteiger partial charge >= 0.3 is 0 Å². The molecule has 40 heavy (non-hydrogen) atoms. The molecule has 1 saturated heterocycles. The van der Waals surface area contributed by atoms with E-state index >= 15 is 0 Å². The number of hydrogen-bond acceptors (Lipinski definition) is 7. The van der Waals surface area contributed by atoms with Gasteiger partial charge in [-0.15, -0.1) is 0 Å². The summed E-state index contributed by atoms with van der Waals surface area (Å²) >= 11 is 0. The van der Waals surface area contributed by atoms with Crippen LogP contribution in [0.15, 0.2) is 54.4 Å². The second kappa shape index (κ2) is 13.0. The van der Waals surface area contributed by atoms with Gasteiger partial charge < -0.3 is 21.3 Å². The molecule has 4 rings (SSSR count). The van der Waals surface area contributed by atoms with E-state index in [9.17, 15) is 13.6 Å². The van der Waals surface area contributed by atoms with Crippen LogP contribution in [0.25, 0.3) is 16.5 Å². The molecule has 1 fully saturated rings. The van der Waals surface area contributed by atoms with Gasteiger partial charge in [-0.3, -0.25) is 14.8 Å². The minimum absolute atomic E-state index is 0.134. The number of likely N-dealkylation sites (N-methyl/N-ethyl adjacent to an activating group) is 1. The lowest BCUT2D eigenvalue weighted by Crippen LogP contribution is -2.40. The van der Waals surface area contributed by atoms with Crippen molar-refractivity contribution in [3.05, 3.63) is 65.6 Å². The highest BCUT2D eigenvalue weighted by molar-refractivity contribution is 6.11. The molecular weight excluding hydrogens is 514 g/mol. The van der Waals surface area contributed by atoms with Crippen molar-refractivity contribution in [1.29, 1.82) is 0 Å². The maximum atomic E-state index is 13.6. The fourth-order valence-electron chi connectivity index (χ4n) is 4.61. The van der Waals surface area contributed by atoms with Gasteiger partial charge in [0.2, 0.25) is 0 Å². The summed E-state index contributed by atoms with van der Waals surface area (Å²) in [7, 11) is 4.01. The largest absolute Gasteiger partial charge is 0.404 e. The molecule has 9 nitrogen and oxygen atoms in total. The summed E-state index contributed by atoms with van der Waals surface area (Å²) < 4.78 is 27.1. The Bertz CT molecular complexity index is 1350. The number of carbonyl (C=O) groups excluding carboxylic acids is 1. The molecule has 2 aromatic heterocycles. The SMILES string of the molecule is CC/C(=C\C(=C/N)CN1CCC(F)(F)CC1)c1ccc2[nH]nc(C(=O)Nc3ccc(NCCN(C)C)nc3)c2c1. The molecule has 5 N–H and O–H groups in total. The Morgan fingerprint density at radius 2 is 2.00 bits per heavy atom. The van der Waals surface area contributed by atoms with Crippen LogP contribution in [0.4, 0.5) is 20.3 Å². The molecule has 214 valence electrons. The number of benzene rings is 1. The number of alkyl halides is 2. The topological polar surface area (TPSA) is 115 Å². The highest BCUT2D eigenvalue weighted by atomic mass is 19.3.